The van der Waals surface area contributed by atoms with Gasteiger partial charge in [0.15, 0.2) is 0 Å². The summed E-state index contributed by atoms with van der Waals surface area (Å²) in [4.78, 5) is 24.9. The van der Waals surface area contributed by atoms with E-state index in [9.17, 15) is 9.59 Å². The lowest BCUT2D eigenvalue weighted by atomic mass is 10.0. The number of piperidine rings is 1. The Morgan fingerprint density at radius 3 is 2.53 bits per heavy atom. The van der Waals surface area contributed by atoms with E-state index in [0.717, 1.165) is 12.8 Å². The molecule has 0 aromatic rings. The number of rotatable bonds is 7. The summed E-state index contributed by atoms with van der Waals surface area (Å²) in [6.45, 7) is 4.24. The molecule has 0 aromatic heterocycles. The second kappa shape index (κ2) is 8.87. The monoisotopic (exact) mass is 272 g/mol. The maximum atomic E-state index is 11.8. The van der Waals surface area contributed by atoms with Gasteiger partial charge in [0.1, 0.15) is 6.61 Å². The molecule has 6 nitrogen and oxygen atoms in total. The Morgan fingerprint density at radius 2 is 1.95 bits per heavy atom. The molecule has 0 atom stereocenters. The molecule has 110 valence electrons. The van der Waals surface area contributed by atoms with Gasteiger partial charge in [-0.2, -0.15) is 0 Å². The van der Waals surface area contributed by atoms with Gasteiger partial charge in [-0.05, 0) is 12.8 Å². The van der Waals surface area contributed by atoms with E-state index in [1.165, 1.54) is 0 Å². The number of ether oxygens (including phenoxy) is 2. The lowest BCUT2D eigenvalue weighted by molar-refractivity contribution is -0.137. The first-order valence-corrected chi connectivity index (χ1v) is 6.81. The van der Waals surface area contributed by atoms with Crippen LogP contribution in [0.15, 0.2) is 0 Å². The summed E-state index contributed by atoms with van der Waals surface area (Å²) >= 11 is 0. The van der Waals surface area contributed by atoms with Crippen molar-refractivity contribution in [1.29, 1.82) is 0 Å². The van der Waals surface area contributed by atoms with Crippen molar-refractivity contribution in [3.05, 3.63) is 0 Å². The van der Waals surface area contributed by atoms with Crippen molar-refractivity contribution in [1.82, 2.24) is 10.2 Å². The highest BCUT2D eigenvalue weighted by Crippen LogP contribution is 2.10. The summed E-state index contributed by atoms with van der Waals surface area (Å²) in [6.07, 6.45) is 2.14. The van der Waals surface area contributed by atoms with Crippen molar-refractivity contribution in [3.63, 3.8) is 0 Å². The van der Waals surface area contributed by atoms with Gasteiger partial charge in [0.25, 0.3) is 0 Å². The first-order chi connectivity index (χ1) is 9.17. The summed E-state index contributed by atoms with van der Waals surface area (Å²) in [5.41, 5.74) is 0. The molecule has 0 aromatic carbocycles. The van der Waals surface area contributed by atoms with Crippen LogP contribution in [0.25, 0.3) is 0 Å². The number of methoxy groups -OCH3 is 1. The Morgan fingerprint density at radius 1 is 1.26 bits per heavy atom. The number of carbonyl (C=O) groups excluding carboxylic acids is 2. The Bertz CT molecular complexity index is 288. The highest BCUT2D eigenvalue weighted by molar-refractivity contribution is 5.78. The van der Waals surface area contributed by atoms with E-state index >= 15 is 0 Å². The average Bonchev–Trinajstić information content (AvgIpc) is 2.44. The van der Waals surface area contributed by atoms with E-state index in [2.05, 4.69) is 5.32 Å². The average molecular weight is 272 g/mol. The van der Waals surface area contributed by atoms with Crippen LogP contribution in [0, 0.1) is 0 Å². The molecule has 1 saturated heterocycles. The molecule has 0 saturated carbocycles. The van der Waals surface area contributed by atoms with E-state index in [1.807, 2.05) is 6.92 Å². The van der Waals surface area contributed by atoms with Crippen LogP contribution in [0.2, 0.25) is 0 Å². The number of nitrogens with zero attached hydrogens (tertiary/aromatic N) is 1. The molecule has 1 aliphatic heterocycles. The number of likely N-dealkylation sites (tertiary alicyclic amines) is 1. The normalized spacial score (nSPS) is 16.4. The minimum atomic E-state index is 0.0105. The second-order valence-corrected chi connectivity index (χ2v) is 4.62. The van der Waals surface area contributed by atoms with Gasteiger partial charge in [0, 0.05) is 32.7 Å². The lowest BCUT2D eigenvalue weighted by Crippen LogP contribution is -2.47. The largest absolute Gasteiger partial charge is 0.382 e. The minimum absolute atomic E-state index is 0.0105. The highest BCUT2D eigenvalue weighted by atomic mass is 16.5. The summed E-state index contributed by atoms with van der Waals surface area (Å²) < 4.78 is 10.1. The zero-order valence-electron chi connectivity index (χ0n) is 11.8. The Balaban J connectivity index is 2.18. The van der Waals surface area contributed by atoms with E-state index in [4.69, 9.17) is 9.47 Å². The number of hydrogen-bond acceptors (Lipinski definition) is 4. The Kier molecular flexibility index (Phi) is 7.43. The smallest absolute Gasteiger partial charge is 0.248 e. The van der Waals surface area contributed by atoms with Crippen LogP contribution in [-0.4, -0.2) is 62.8 Å². The third-order valence-corrected chi connectivity index (χ3v) is 3.19. The van der Waals surface area contributed by atoms with Gasteiger partial charge in [0.05, 0.1) is 13.2 Å². The van der Waals surface area contributed by atoms with E-state index < -0.39 is 0 Å². The summed E-state index contributed by atoms with van der Waals surface area (Å²) in [5, 5.41) is 2.96. The first-order valence-electron chi connectivity index (χ1n) is 6.81. The topological polar surface area (TPSA) is 67.9 Å². The molecule has 1 fully saturated rings. The van der Waals surface area contributed by atoms with E-state index in [1.54, 1.807) is 12.0 Å². The number of carbonyl (C=O) groups is 2. The standard InChI is InChI=1S/C13H24N2O4/c1-3-12(16)14-11-4-6-15(7-5-11)13(17)10-19-9-8-18-2/h11H,3-10H2,1-2H3,(H,14,16). The fourth-order valence-corrected chi connectivity index (χ4v) is 2.00. The van der Waals surface area contributed by atoms with Gasteiger partial charge in [-0.25, -0.2) is 0 Å². The van der Waals surface area contributed by atoms with Gasteiger partial charge in [0.2, 0.25) is 11.8 Å². The minimum Gasteiger partial charge on any atom is -0.382 e. The molecule has 0 bridgehead atoms. The van der Waals surface area contributed by atoms with Crippen molar-refractivity contribution >= 4 is 11.8 Å². The fourth-order valence-electron chi connectivity index (χ4n) is 2.00. The van der Waals surface area contributed by atoms with Gasteiger partial charge in [-0.3, -0.25) is 9.59 Å². The molecule has 1 heterocycles. The summed E-state index contributed by atoms with van der Waals surface area (Å²) in [6, 6.07) is 0.200. The molecule has 0 radical (unpaired) electrons. The molecule has 1 aliphatic rings. The highest BCUT2D eigenvalue weighted by Gasteiger charge is 2.23. The Hall–Kier alpha value is -1.14. The van der Waals surface area contributed by atoms with Crippen molar-refractivity contribution in [2.24, 2.45) is 0 Å². The lowest BCUT2D eigenvalue weighted by Gasteiger charge is -2.32. The number of nitrogens with one attached hydrogen (secondary N) is 1. The van der Waals surface area contributed by atoms with Crippen molar-refractivity contribution in [2.75, 3.05) is 40.0 Å². The molecule has 2 amide bonds. The van der Waals surface area contributed by atoms with Crippen LogP contribution in [0.3, 0.4) is 0 Å². The van der Waals surface area contributed by atoms with E-state index in [0.29, 0.717) is 32.7 Å². The second-order valence-electron chi connectivity index (χ2n) is 4.62. The summed E-state index contributed by atoms with van der Waals surface area (Å²) in [5.74, 6) is 0.0871. The molecular weight excluding hydrogens is 248 g/mol. The molecule has 1 N–H and O–H groups in total. The van der Waals surface area contributed by atoms with Crippen LogP contribution in [-0.2, 0) is 19.1 Å². The number of hydrogen-bond donors (Lipinski definition) is 1. The van der Waals surface area contributed by atoms with Crippen molar-refractivity contribution in [3.8, 4) is 0 Å². The molecular formula is C13H24N2O4. The van der Waals surface area contributed by atoms with Crippen LogP contribution in [0.4, 0.5) is 0 Å². The predicted molar refractivity (Wildman–Crippen MR) is 70.7 cm³/mol. The van der Waals surface area contributed by atoms with Gasteiger partial charge in [-0.1, -0.05) is 6.92 Å². The van der Waals surface area contributed by atoms with Crippen molar-refractivity contribution < 1.29 is 19.1 Å². The van der Waals surface area contributed by atoms with Gasteiger partial charge >= 0.3 is 0 Å². The third-order valence-electron chi connectivity index (χ3n) is 3.19. The quantitative estimate of drug-likeness (QED) is 0.671. The van der Waals surface area contributed by atoms with E-state index in [-0.39, 0.29) is 24.5 Å². The van der Waals surface area contributed by atoms with Gasteiger partial charge in [-0.15, -0.1) is 0 Å². The van der Waals surface area contributed by atoms with Crippen LogP contribution in [0.1, 0.15) is 26.2 Å². The van der Waals surface area contributed by atoms with Crippen LogP contribution < -0.4 is 5.32 Å². The molecule has 19 heavy (non-hydrogen) atoms. The predicted octanol–water partition coefficient (Wildman–Crippen LogP) is 0.167. The zero-order chi connectivity index (χ0) is 14.1. The third kappa shape index (κ3) is 6.02. The molecule has 6 heteroatoms. The summed E-state index contributed by atoms with van der Waals surface area (Å²) in [7, 11) is 1.60. The van der Waals surface area contributed by atoms with Crippen LogP contribution >= 0.6 is 0 Å². The molecule has 0 spiro atoms. The molecule has 1 rings (SSSR count). The van der Waals surface area contributed by atoms with Crippen LogP contribution in [0.5, 0.6) is 0 Å². The zero-order valence-corrected chi connectivity index (χ0v) is 11.8. The first kappa shape index (κ1) is 15.9. The molecule has 0 unspecified atom stereocenters. The number of amides is 2. The van der Waals surface area contributed by atoms with Gasteiger partial charge < -0.3 is 19.7 Å². The SMILES string of the molecule is CCC(=O)NC1CCN(C(=O)COCCOC)CC1. The fraction of sp³-hybridized carbons (Fsp3) is 0.846. The maximum absolute atomic E-state index is 11.8. The Labute approximate surface area is 114 Å². The maximum Gasteiger partial charge on any atom is 0.248 e. The van der Waals surface area contributed by atoms with Crippen molar-refractivity contribution in [2.45, 2.75) is 32.2 Å². The molecule has 0 aliphatic carbocycles.